The fourth-order valence-corrected chi connectivity index (χ4v) is 3.54. The normalized spacial score (nSPS) is 13.0. The van der Waals surface area contributed by atoms with Gasteiger partial charge in [0, 0.05) is 12.0 Å². The Kier molecular flexibility index (Phi) is 6.38. The Morgan fingerprint density at radius 2 is 1.73 bits per heavy atom. The third-order valence-electron chi connectivity index (χ3n) is 4.93. The Morgan fingerprint density at radius 1 is 1.08 bits per heavy atom. The van der Waals surface area contributed by atoms with Gasteiger partial charge in [-0.25, -0.2) is 0 Å². The Morgan fingerprint density at radius 3 is 2.23 bits per heavy atom. The lowest BCUT2D eigenvalue weighted by Crippen LogP contribution is -2.41. The average molecular weight is 371 g/mol. The fraction of sp³-hybridized carbons (Fsp3) is 0.455. The molecular weight excluding hydrogens is 340 g/mol. The highest BCUT2D eigenvalue weighted by Crippen LogP contribution is 2.40. The highest BCUT2D eigenvalue weighted by atomic mass is 28.4. The molecule has 0 fully saturated rings. The van der Waals surface area contributed by atoms with Gasteiger partial charge in [-0.1, -0.05) is 32.6 Å². The predicted octanol–water partition coefficient (Wildman–Crippen LogP) is 6.10. The molecule has 4 heteroatoms. The maximum Gasteiger partial charge on any atom is 0.193 e. The van der Waals surface area contributed by atoms with Crippen molar-refractivity contribution in [2.45, 2.75) is 58.4 Å². The molecule has 1 unspecified atom stereocenters. The van der Waals surface area contributed by atoms with Crippen LogP contribution in [0, 0.1) is 18.8 Å². The SMILES string of the molecule is COc1ccc(C#CCC(O[Si](C)(C)C(C)(C)C)c2ccc(C)o2)cc1. The summed E-state index contributed by atoms with van der Waals surface area (Å²) in [7, 11) is -0.266. The summed E-state index contributed by atoms with van der Waals surface area (Å²) in [6.07, 6.45) is 0.459. The van der Waals surface area contributed by atoms with Crippen molar-refractivity contribution in [3.05, 3.63) is 53.5 Å². The van der Waals surface area contributed by atoms with Gasteiger partial charge in [0.15, 0.2) is 8.32 Å². The zero-order valence-corrected chi connectivity index (χ0v) is 18.0. The first kappa shape index (κ1) is 20.4. The van der Waals surface area contributed by atoms with Crippen molar-refractivity contribution in [3.8, 4) is 17.6 Å². The van der Waals surface area contributed by atoms with Gasteiger partial charge in [0.1, 0.15) is 23.4 Å². The monoisotopic (exact) mass is 370 g/mol. The summed E-state index contributed by atoms with van der Waals surface area (Å²) in [5, 5.41) is 0.135. The lowest BCUT2D eigenvalue weighted by Gasteiger charge is -2.38. The number of ether oxygens (including phenoxy) is 1. The number of aryl methyl sites for hydroxylation is 1. The van der Waals surface area contributed by atoms with E-state index >= 15 is 0 Å². The lowest BCUT2D eigenvalue weighted by molar-refractivity contribution is 0.160. The Bertz CT molecular complexity index is 770. The van der Waals surface area contributed by atoms with Gasteiger partial charge in [-0.15, -0.1) is 0 Å². The van der Waals surface area contributed by atoms with Crippen LogP contribution >= 0.6 is 0 Å². The molecule has 2 aromatic rings. The number of hydrogen-bond acceptors (Lipinski definition) is 3. The molecule has 0 bridgehead atoms. The summed E-state index contributed by atoms with van der Waals surface area (Å²) in [5.41, 5.74) is 0.965. The summed E-state index contributed by atoms with van der Waals surface area (Å²) in [5.74, 6) is 9.07. The summed E-state index contributed by atoms with van der Waals surface area (Å²) < 4.78 is 17.6. The van der Waals surface area contributed by atoms with Crippen molar-refractivity contribution in [2.75, 3.05) is 7.11 Å². The van der Waals surface area contributed by atoms with E-state index in [0.29, 0.717) is 6.42 Å². The van der Waals surface area contributed by atoms with Crippen molar-refractivity contribution >= 4 is 8.32 Å². The summed E-state index contributed by atoms with van der Waals surface area (Å²) in [4.78, 5) is 0. The number of rotatable bonds is 5. The minimum atomic E-state index is -1.93. The summed E-state index contributed by atoms with van der Waals surface area (Å²) in [6.45, 7) is 13.2. The molecule has 0 aliphatic heterocycles. The smallest absolute Gasteiger partial charge is 0.193 e. The zero-order valence-electron chi connectivity index (χ0n) is 17.0. The van der Waals surface area contributed by atoms with Crippen molar-refractivity contribution in [3.63, 3.8) is 0 Å². The zero-order chi connectivity index (χ0) is 19.4. The van der Waals surface area contributed by atoms with E-state index in [1.807, 2.05) is 43.3 Å². The van der Waals surface area contributed by atoms with E-state index in [2.05, 4.69) is 45.7 Å². The third-order valence-corrected chi connectivity index (χ3v) is 9.42. The van der Waals surface area contributed by atoms with Gasteiger partial charge in [-0.3, -0.25) is 0 Å². The first-order valence-electron chi connectivity index (χ1n) is 8.99. The van der Waals surface area contributed by atoms with Crippen molar-refractivity contribution in [1.29, 1.82) is 0 Å². The van der Waals surface area contributed by atoms with Gasteiger partial charge >= 0.3 is 0 Å². The van der Waals surface area contributed by atoms with Gasteiger partial charge in [-0.05, 0) is 61.5 Å². The van der Waals surface area contributed by atoms with Crippen molar-refractivity contribution in [1.82, 2.24) is 0 Å². The highest BCUT2D eigenvalue weighted by Gasteiger charge is 2.39. The number of furan rings is 1. The number of benzene rings is 1. The largest absolute Gasteiger partial charge is 0.497 e. The van der Waals surface area contributed by atoms with E-state index in [9.17, 15) is 0 Å². The van der Waals surface area contributed by atoms with Gasteiger partial charge in [-0.2, -0.15) is 0 Å². The molecule has 140 valence electrons. The van der Waals surface area contributed by atoms with Crippen LogP contribution in [0.5, 0.6) is 5.75 Å². The van der Waals surface area contributed by atoms with Gasteiger partial charge in [0.2, 0.25) is 0 Å². The minimum absolute atomic E-state index is 0.135. The molecule has 0 N–H and O–H groups in total. The molecule has 0 saturated heterocycles. The van der Waals surface area contributed by atoms with Crippen LogP contribution in [0.2, 0.25) is 18.1 Å². The van der Waals surface area contributed by atoms with E-state index in [-0.39, 0.29) is 11.1 Å². The number of methoxy groups -OCH3 is 1. The Hall–Kier alpha value is -1.96. The predicted molar refractivity (Wildman–Crippen MR) is 109 cm³/mol. The van der Waals surface area contributed by atoms with Crippen LogP contribution in [-0.2, 0) is 4.43 Å². The second kappa shape index (κ2) is 8.16. The molecule has 0 saturated carbocycles. The van der Waals surface area contributed by atoms with Crippen LogP contribution in [-0.4, -0.2) is 15.4 Å². The topological polar surface area (TPSA) is 31.6 Å². The van der Waals surface area contributed by atoms with Crippen molar-refractivity contribution < 1.29 is 13.6 Å². The summed E-state index contributed by atoms with van der Waals surface area (Å²) >= 11 is 0. The van der Waals surface area contributed by atoms with Gasteiger partial charge in [0.25, 0.3) is 0 Å². The van der Waals surface area contributed by atoms with Crippen LogP contribution in [0.15, 0.2) is 40.8 Å². The molecular formula is C22H30O3Si. The molecule has 1 heterocycles. The molecule has 3 nitrogen and oxygen atoms in total. The van der Waals surface area contributed by atoms with E-state index in [1.165, 1.54) is 0 Å². The fourth-order valence-electron chi connectivity index (χ4n) is 2.28. The van der Waals surface area contributed by atoms with Crippen LogP contribution in [0.3, 0.4) is 0 Å². The molecule has 0 aliphatic carbocycles. The first-order chi connectivity index (χ1) is 12.1. The van der Waals surface area contributed by atoms with Gasteiger partial charge in [0.05, 0.1) is 7.11 Å². The maximum atomic E-state index is 6.60. The molecule has 1 aromatic carbocycles. The Labute approximate surface area is 158 Å². The lowest BCUT2D eigenvalue weighted by atomic mass is 10.1. The number of hydrogen-bond donors (Lipinski definition) is 0. The molecule has 2 rings (SSSR count). The molecule has 0 aliphatic rings. The summed E-state index contributed by atoms with van der Waals surface area (Å²) in [6, 6.07) is 11.8. The Balaban J connectivity index is 2.18. The van der Waals surface area contributed by atoms with Crippen LogP contribution in [0.1, 0.15) is 50.4 Å². The molecule has 1 atom stereocenters. The van der Waals surface area contributed by atoms with E-state index in [1.54, 1.807) is 7.11 Å². The third kappa shape index (κ3) is 5.27. The van der Waals surface area contributed by atoms with E-state index in [4.69, 9.17) is 13.6 Å². The van der Waals surface area contributed by atoms with Gasteiger partial charge < -0.3 is 13.6 Å². The standard InChI is InChI=1S/C22H30O3Si/c1-17-11-16-20(24-17)21(25-26(6,7)22(2,3)4)10-8-9-18-12-14-19(23-5)15-13-18/h11-16,21H,10H2,1-7H3. The highest BCUT2D eigenvalue weighted by molar-refractivity contribution is 6.74. The van der Waals surface area contributed by atoms with Crippen LogP contribution in [0.4, 0.5) is 0 Å². The van der Waals surface area contributed by atoms with Crippen LogP contribution < -0.4 is 4.74 Å². The average Bonchev–Trinajstić information content (AvgIpc) is 3.00. The first-order valence-corrected chi connectivity index (χ1v) is 11.9. The molecule has 26 heavy (non-hydrogen) atoms. The molecule has 0 amide bonds. The second-order valence-corrected chi connectivity index (χ2v) is 12.8. The minimum Gasteiger partial charge on any atom is -0.497 e. The van der Waals surface area contributed by atoms with Crippen LogP contribution in [0.25, 0.3) is 0 Å². The quantitative estimate of drug-likeness (QED) is 0.470. The molecule has 0 radical (unpaired) electrons. The van der Waals surface area contributed by atoms with Crippen molar-refractivity contribution in [2.24, 2.45) is 0 Å². The molecule has 1 aromatic heterocycles. The van der Waals surface area contributed by atoms with E-state index in [0.717, 1.165) is 22.8 Å². The maximum absolute atomic E-state index is 6.60. The molecule has 0 spiro atoms. The second-order valence-electron chi connectivity index (χ2n) is 8.05. The van der Waals surface area contributed by atoms with E-state index < -0.39 is 8.32 Å².